The van der Waals surface area contributed by atoms with Crippen molar-refractivity contribution in [2.75, 3.05) is 6.61 Å². The summed E-state index contributed by atoms with van der Waals surface area (Å²) in [6.07, 6.45) is 0. The van der Waals surface area contributed by atoms with Gasteiger partial charge in [0, 0.05) is 5.02 Å². The van der Waals surface area contributed by atoms with E-state index in [0.717, 1.165) is 27.8 Å². The van der Waals surface area contributed by atoms with Crippen LogP contribution in [0.2, 0.25) is 5.02 Å². The van der Waals surface area contributed by atoms with E-state index in [1.165, 1.54) is 0 Å². The second-order valence-corrected chi connectivity index (χ2v) is 6.24. The fourth-order valence-corrected chi connectivity index (χ4v) is 3.05. The third kappa shape index (κ3) is 3.75. The van der Waals surface area contributed by atoms with Gasteiger partial charge in [-0.3, -0.25) is 0 Å². The maximum Gasteiger partial charge on any atom is 0.338 e. The second kappa shape index (κ2) is 7.54. The molecule has 25 heavy (non-hydrogen) atoms. The summed E-state index contributed by atoms with van der Waals surface area (Å²) in [4.78, 5) is 12.0. The number of hydrogen-bond acceptors (Lipinski definition) is 2. The van der Waals surface area contributed by atoms with Crippen molar-refractivity contribution >= 4 is 17.6 Å². The number of benzene rings is 3. The standard InChI is InChI=1S/C22H19ClO2/c1-3-25-22(24)17-8-6-7-16(13-17)19-9-4-5-10-20(19)21-14-18(23)12-11-15(21)2/h4-14H,3H2,1-2H3. The Kier molecular flexibility index (Phi) is 5.20. The molecule has 0 saturated carbocycles. The van der Waals surface area contributed by atoms with E-state index >= 15 is 0 Å². The first-order chi connectivity index (χ1) is 12.1. The van der Waals surface area contributed by atoms with E-state index < -0.39 is 0 Å². The van der Waals surface area contributed by atoms with Crippen molar-refractivity contribution in [2.24, 2.45) is 0 Å². The van der Waals surface area contributed by atoms with Crippen LogP contribution in [0.25, 0.3) is 22.3 Å². The van der Waals surface area contributed by atoms with Crippen LogP contribution in [0.4, 0.5) is 0 Å². The van der Waals surface area contributed by atoms with Gasteiger partial charge >= 0.3 is 5.97 Å². The third-order valence-electron chi connectivity index (χ3n) is 4.10. The molecule has 0 radical (unpaired) electrons. The molecule has 0 unspecified atom stereocenters. The summed E-state index contributed by atoms with van der Waals surface area (Å²) < 4.78 is 5.11. The Morgan fingerprint density at radius 3 is 2.44 bits per heavy atom. The maximum absolute atomic E-state index is 12.0. The topological polar surface area (TPSA) is 26.3 Å². The van der Waals surface area contributed by atoms with E-state index in [1.807, 2.05) is 48.5 Å². The van der Waals surface area contributed by atoms with E-state index in [9.17, 15) is 4.79 Å². The van der Waals surface area contributed by atoms with Crippen molar-refractivity contribution in [1.29, 1.82) is 0 Å². The molecule has 3 heteroatoms. The number of hydrogen-bond donors (Lipinski definition) is 0. The number of halogens is 1. The zero-order valence-electron chi connectivity index (χ0n) is 14.3. The van der Waals surface area contributed by atoms with Crippen molar-refractivity contribution in [3.8, 4) is 22.3 Å². The Morgan fingerprint density at radius 2 is 1.68 bits per heavy atom. The molecule has 0 saturated heterocycles. The lowest BCUT2D eigenvalue weighted by Crippen LogP contribution is -2.04. The van der Waals surface area contributed by atoms with Crippen LogP contribution in [0.15, 0.2) is 66.7 Å². The molecule has 3 aromatic rings. The number of esters is 1. The highest BCUT2D eigenvalue weighted by Gasteiger charge is 2.12. The molecule has 0 amide bonds. The summed E-state index contributed by atoms with van der Waals surface area (Å²) in [5.74, 6) is -0.305. The number of ether oxygens (including phenoxy) is 1. The first-order valence-corrected chi connectivity index (χ1v) is 8.61. The summed E-state index contributed by atoms with van der Waals surface area (Å²) in [5, 5.41) is 0.704. The molecule has 0 fully saturated rings. The molecule has 126 valence electrons. The molecule has 0 heterocycles. The summed E-state index contributed by atoms with van der Waals surface area (Å²) in [5.41, 5.74) is 5.91. The van der Waals surface area contributed by atoms with Crippen LogP contribution in [-0.4, -0.2) is 12.6 Å². The minimum Gasteiger partial charge on any atom is -0.462 e. The molecule has 0 spiro atoms. The fourth-order valence-electron chi connectivity index (χ4n) is 2.88. The predicted octanol–water partition coefficient (Wildman–Crippen LogP) is 6.16. The molecule has 0 aliphatic carbocycles. The molecule has 0 N–H and O–H groups in total. The molecule has 0 aromatic heterocycles. The van der Waals surface area contributed by atoms with Crippen molar-refractivity contribution in [1.82, 2.24) is 0 Å². The smallest absolute Gasteiger partial charge is 0.338 e. The summed E-state index contributed by atoms with van der Waals surface area (Å²) >= 11 is 6.21. The molecule has 0 aliphatic heterocycles. The van der Waals surface area contributed by atoms with Crippen LogP contribution in [0.5, 0.6) is 0 Å². The summed E-state index contributed by atoms with van der Waals surface area (Å²) in [7, 11) is 0. The molecule has 2 nitrogen and oxygen atoms in total. The summed E-state index contributed by atoms with van der Waals surface area (Å²) in [6, 6.07) is 21.5. The van der Waals surface area contributed by atoms with Gasteiger partial charge < -0.3 is 4.74 Å². The van der Waals surface area contributed by atoms with Crippen molar-refractivity contribution in [3.05, 3.63) is 82.9 Å². The third-order valence-corrected chi connectivity index (χ3v) is 4.34. The van der Waals surface area contributed by atoms with Crippen molar-refractivity contribution < 1.29 is 9.53 Å². The molecular weight excluding hydrogens is 332 g/mol. The van der Waals surface area contributed by atoms with Gasteiger partial charge in [0.05, 0.1) is 12.2 Å². The van der Waals surface area contributed by atoms with E-state index in [1.54, 1.807) is 13.0 Å². The molecule has 3 rings (SSSR count). The SMILES string of the molecule is CCOC(=O)c1cccc(-c2ccccc2-c2cc(Cl)ccc2C)c1. The lowest BCUT2D eigenvalue weighted by atomic mass is 9.91. The number of aryl methyl sites for hydroxylation is 1. The fraction of sp³-hybridized carbons (Fsp3) is 0.136. The van der Waals surface area contributed by atoms with Crippen LogP contribution in [-0.2, 0) is 4.74 Å². The van der Waals surface area contributed by atoms with Gasteiger partial charge in [-0.05, 0) is 65.9 Å². The zero-order chi connectivity index (χ0) is 17.8. The average Bonchev–Trinajstić information content (AvgIpc) is 2.64. The molecule has 0 aliphatic rings. The lowest BCUT2D eigenvalue weighted by Gasteiger charge is -2.13. The highest BCUT2D eigenvalue weighted by Crippen LogP contribution is 2.35. The minimum atomic E-state index is -0.305. The van der Waals surface area contributed by atoms with Crippen LogP contribution in [0.1, 0.15) is 22.8 Å². The average molecular weight is 351 g/mol. The number of rotatable bonds is 4. The van der Waals surface area contributed by atoms with E-state index in [4.69, 9.17) is 16.3 Å². The van der Waals surface area contributed by atoms with Crippen molar-refractivity contribution in [3.63, 3.8) is 0 Å². The maximum atomic E-state index is 12.0. The number of carbonyl (C=O) groups excluding carboxylic acids is 1. The van der Waals surface area contributed by atoms with Gasteiger partial charge in [0.15, 0.2) is 0 Å². The van der Waals surface area contributed by atoms with Crippen molar-refractivity contribution in [2.45, 2.75) is 13.8 Å². The Labute approximate surface area is 153 Å². The van der Waals surface area contributed by atoms with Gasteiger partial charge in [-0.25, -0.2) is 4.79 Å². The van der Waals surface area contributed by atoms with Gasteiger partial charge in [-0.1, -0.05) is 54.1 Å². The van der Waals surface area contributed by atoms with Crippen LogP contribution in [0, 0.1) is 6.92 Å². The van der Waals surface area contributed by atoms with E-state index in [2.05, 4.69) is 19.1 Å². The first-order valence-electron chi connectivity index (χ1n) is 8.23. The second-order valence-electron chi connectivity index (χ2n) is 5.81. The Bertz CT molecular complexity index is 915. The summed E-state index contributed by atoms with van der Waals surface area (Å²) in [6.45, 7) is 4.23. The van der Waals surface area contributed by atoms with Crippen LogP contribution >= 0.6 is 11.6 Å². The van der Waals surface area contributed by atoms with Crippen LogP contribution < -0.4 is 0 Å². The molecular formula is C22H19ClO2. The van der Waals surface area contributed by atoms with Gasteiger partial charge in [0.1, 0.15) is 0 Å². The quantitative estimate of drug-likeness (QED) is 0.527. The molecule has 0 atom stereocenters. The zero-order valence-corrected chi connectivity index (χ0v) is 15.0. The number of carbonyl (C=O) groups is 1. The normalized spacial score (nSPS) is 10.5. The highest BCUT2D eigenvalue weighted by molar-refractivity contribution is 6.31. The molecule has 0 bridgehead atoms. The van der Waals surface area contributed by atoms with Crippen LogP contribution in [0.3, 0.4) is 0 Å². The van der Waals surface area contributed by atoms with E-state index in [0.29, 0.717) is 17.2 Å². The van der Waals surface area contributed by atoms with E-state index in [-0.39, 0.29) is 5.97 Å². The largest absolute Gasteiger partial charge is 0.462 e. The monoisotopic (exact) mass is 350 g/mol. The first kappa shape index (κ1) is 17.2. The van der Waals surface area contributed by atoms with Gasteiger partial charge in [-0.15, -0.1) is 0 Å². The lowest BCUT2D eigenvalue weighted by molar-refractivity contribution is 0.0526. The Morgan fingerprint density at radius 1 is 0.920 bits per heavy atom. The van der Waals surface area contributed by atoms with Gasteiger partial charge in [0.25, 0.3) is 0 Å². The Hall–Kier alpha value is -2.58. The Balaban J connectivity index is 2.12. The molecule has 3 aromatic carbocycles. The highest BCUT2D eigenvalue weighted by atomic mass is 35.5. The minimum absolute atomic E-state index is 0.305. The van der Waals surface area contributed by atoms with Gasteiger partial charge in [-0.2, -0.15) is 0 Å². The van der Waals surface area contributed by atoms with Gasteiger partial charge in [0.2, 0.25) is 0 Å². The predicted molar refractivity (Wildman–Crippen MR) is 103 cm³/mol.